The van der Waals surface area contributed by atoms with Gasteiger partial charge in [0.15, 0.2) is 5.78 Å². The van der Waals surface area contributed by atoms with E-state index >= 15 is 0 Å². The van der Waals surface area contributed by atoms with Gasteiger partial charge in [0.1, 0.15) is 15.8 Å². The number of nitrogens with zero attached hydrogens (tertiary/aromatic N) is 1. The summed E-state index contributed by atoms with van der Waals surface area (Å²) in [6, 6.07) is 2.89. The molecule has 1 aromatic rings. The summed E-state index contributed by atoms with van der Waals surface area (Å²) in [7, 11) is -4.54. The predicted octanol–water partition coefficient (Wildman–Crippen LogP) is 0.554. The third-order valence-electron chi connectivity index (χ3n) is 2.08. The molecule has 15 heavy (non-hydrogen) atoms. The Kier molecular flexibility index (Phi) is 2.17. The molecule has 1 aromatic heterocycles. The Labute approximate surface area is 86.2 Å². The van der Waals surface area contributed by atoms with Crippen molar-refractivity contribution in [3.05, 3.63) is 35.7 Å². The van der Waals surface area contributed by atoms with E-state index in [2.05, 4.69) is 4.98 Å². The zero-order valence-corrected chi connectivity index (χ0v) is 8.32. The zero-order valence-electron chi connectivity index (χ0n) is 7.50. The molecular weight excluding hydrogens is 218 g/mol. The number of allylic oxidation sites excluding steroid dienone is 1. The maximum Gasteiger partial charge on any atom is 0.185 e. The summed E-state index contributed by atoms with van der Waals surface area (Å²) in [5.74, 6) is -0.280. The number of ketones is 1. The fourth-order valence-corrected chi connectivity index (χ4v) is 2.18. The van der Waals surface area contributed by atoms with E-state index < -0.39 is 10.1 Å². The van der Waals surface area contributed by atoms with Crippen molar-refractivity contribution in [1.29, 1.82) is 0 Å². The van der Waals surface area contributed by atoms with E-state index in [9.17, 15) is 17.8 Å². The van der Waals surface area contributed by atoms with Gasteiger partial charge in [0.25, 0.3) is 0 Å². The quantitative estimate of drug-likeness (QED) is 0.650. The molecule has 0 atom stereocenters. The molecule has 78 valence electrons. The molecule has 0 spiro atoms. The first kappa shape index (κ1) is 10.0. The number of Topliss-reactive ketones (excluding diaryl/α,β-unsaturated/α-hetero) is 1. The zero-order chi connectivity index (χ0) is 11.1. The first-order valence-corrected chi connectivity index (χ1v) is 5.55. The average molecular weight is 224 g/mol. The number of fused-ring (bicyclic) bond motifs is 1. The molecule has 1 heterocycles. The number of carbonyl (C=O) groups excluding carboxylic acids is 1. The van der Waals surface area contributed by atoms with Crippen LogP contribution >= 0.6 is 0 Å². The number of carbonyl (C=O) groups is 1. The summed E-state index contributed by atoms with van der Waals surface area (Å²) in [6.45, 7) is 0. The lowest BCUT2D eigenvalue weighted by molar-refractivity contribution is 0.0989. The van der Waals surface area contributed by atoms with E-state index in [0.717, 1.165) is 6.08 Å². The van der Waals surface area contributed by atoms with Crippen LogP contribution in [0.25, 0.3) is 4.91 Å². The van der Waals surface area contributed by atoms with Crippen LogP contribution in [0, 0.1) is 0 Å². The molecule has 0 bridgehead atoms. The van der Waals surface area contributed by atoms with Crippen molar-refractivity contribution in [1.82, 2.24) is 4.98 Å². The third-order valence-corrected chi connectivity index (χ3v) is 3.00. The van der Waals surface area contributed by atoms with E-state index in [4.69, 9.17) is 0 Å². The average Bonchev–Trinajstić information content (AvgIpc) is 2.17. The summed E-state index contributed by atoms with van der Waals surface area (Å²) < 4.78 is 32.7. The van der Waals surface area contributed by atoms with Crippen molar-refractivity contribution in [3.63, 3.8) is 0 Å². The van der Waals surface area contributed by atoms with E-state index in [-0.39, 0.29) is 28.4 Å². The first-order valence-electron chi connectivity index (χ1n) is 4.15. The van der Waals surface area contributed by atoms with Crippen LogP contribution in [0.2, 0.25) is 0 Å². The lowest BCUT2D eigenvalue weighted by Crippen LogP contribution is -2.14. The molecule has 0 N–H and O–H groups in total. The highest BCUT2D eigenvalue weighted by molar-refractivity contribution is 7.95. The van der Waals surface area contributed by atoms with E-state index in [1.807, 2.05) is 0 Å². The minimum atomic E-state index is -4.54. The Morgan fingerprint density at radius 1 is 1.40 bits per heavy atom. The molecular formula is C9H6NO4S-. The van der Waals surface area contributed by atoms with Crippen LogP contribution < -0.4 is 0 Å². The van der Waals surface area contributed by atoms with Crippen LogP contribution in [0.3, 0.4) is 0 Å². The molecule has 0 amide bonds. The van der Waals surface area contributed by atoms with Crippen molar-refractivity contribution >= 4 is 20.8 Å². The molecule has 0 fully saturated rings. The number of aromatic nitrogens is 1. The summed E-state index contributed by atoms with van der Waals surface area (Å²) in [5.41, 5.74) is 0.151. The monoisotopic (exact) mass is 224 g/mol. The highest BCUT2D eigenvalue weighted by Crippen LogP contribution is 2.27. The molecule has 0 unspecified atom stereocenters. The van der Waals surface area contributed by atoms with Crippen LogP contribution in [0.4, 0.5) is 0 Å². The Morgan fingerprint density at radius 3 is 2.80 bits per heavy atom. The van der Waals surface area contributed by atoms with Crippen LogP contribution in [0.1, 0.15) is 22.5 Å². The first-order chi connectivity index (χ1) is 7.00. The summed E-state index contributed by atoms with van der Waals surface area (Å²) >= 11 is 0. The molecule has 0 radical (unpaired) electrons. The van der Waals surface area contributed by atoms with Crippen LogP contribution in [0.5, 0.6) is 0 Å². The molecule has 0 aromatic carbocycles. The summed E-state index contributed by atoms with van der Waals surface area (Å²) in [6.07, 6.45) is 2.42. The molecule has 1 aliphatic rings. The predicted molar refractivity (Wildman–Crippen MR) is 50.9 cm³/mol. The second-order valence-corrected chi connectivity index (χ2v) is 4.40. The third kappa shape index (κ3) is 1.69. The fraction of sp³-hybridized carbons (Fsp3) is 0.111. The second-order valence-electron chi connectivity index (χ2n) is 3.05. The topological polar surface area (TPSA) is 87.2 Å². The molecule has 5 nitrogen and oxygen atoms in total. The van der Waals surface area contributed by atoms with E-state index in [0.29, 0.717) is 0 Å². The highest BCUT2D eigenvalue weighted by atomic mass is 32.2. The molecule has 1 aliphatic carbocycles. The van der Waals surface area contributed by atoms with Gasteiger partial charge in [-0.1, -0.05) is 6.08 Å². The van der Waals surface area contributed by atoms with Gasteiger partial charge in [-0.05, 0) is 12.1 Å². The minimum Gasteiger partial charge on any atom is -0.744 e. The normalized spacial score (nSPS) is 15.8. The second kappa shape index (κ2) is 3.25. The van der Waals surface area contributed by atoms with Gasteiger partial charge in [-0.25, -0.2) is 8.42 Å². The standard InChI is InChI=1S/C9H7NO4S/c11-7-3-4-8(15(12,13)14)6-2-1-5-10-9(6)7/h1-2,4-5H,3H2,(H,12,13,14)/p-1. The molecule has 0 aliphatic heterocycles. The van der Waals surface area contributed by atoms with Gasteiger partial charge < -0.3 is 4.55 Å². The van der Waals surface area contributed by atoms with Gasteiger partial charge in [-0.15, -0.1) is 0 Å². The summed E-state index contributed by atoms with van der Waals surface area (Å²) in [5, 5.41) is 0. The SMILES string of the molecule is O=C1CC=C(S(=O)(=O)[O-])c2cccnc21. The van der Waals surface area contributed by atoms with Gasteiger partial charge in [-0.2, -0.15) is 0 Å². The van der Waals surface area contributed by atoms with Gasteiger partial charge in [0, 0.05) is 18.2 Å². The van der Waals surface area contributed by atoms with Gasteiger partial charge in [0.2, 0.25) is 0 Å². The van der Waals surface area contributed by atoms with Gasteiger partial charge in [-0.3, -0.25) is 9.78 Å². The number of hydrogen-bond acceptors (Lipinski definition) is 5. The van der Waals surface area contributed by atoms with E-state index in [1.54, 1.807) is 0 Å². The Morgan fingerprint density at radius 2 is 2.13 bits per heavy atom. The molecule has 2 rings (SSSR count). The molecule has 6 heteroatoms. The lowest BCUT2D eigenvalue weighted by atomic mass is 10.0. The van der Waals surface area contributed by atoms with E-state index in [1.165, 1.54) is 18.3 Å². The summed E-state index contributed by atoms with van der Waals surface area (Å²) in [4.78, 5) is 14.8. The smallest absolute Gasteiger partial charge is 0.185 e. The van der Waals surface area contributed by atoms with Gasteiger partial charge >= 0.3 is 0 Å². The maximum atomic E-state index is 11.4. The highest BCUT2D eigenvalue weighted by Gasteiger charge is 2.23. The lowest BCUT2D eigenvalue weighted by Gasteiger charge is -2.17. The van der Waals surface area contributed by atoms with Gasteiger partial charge in [0.05, 0.1) is 4.91 Å². The van der Waals surface area contributed by atoms with Crippen molar-refractivity contribution in [2.75, 3.05) is 0 Å². The largest absolute Gasteiger partial charge is 0.744 e. The number of rotatable bonds is 1. The van der Waals surface area contributed by atoms with Crippen LogP contribution in [-0.2, 0) is 10.1 Å². The Balaban J connectivity index is 2.70. The number of pyridine rings is 1. The van der Waals surface area contributed by atoms with Crippen molar-refractivity contribution in [2.24, 2.45) is 0 Å². The Hall–Kier alpha value is -1.53. The van der Waals surface area contributed by atoms with Crippen LogP contribution in [0.15, 0.2) is 24.4 Å². The van der Waals surface area contributed by atoms with Crippen molar-refractivity contribution in [3.8, 4) is 0 Å². The minimum absolute atomic E-state index is 0.0504. The fourth-order valence-electron chi connectivity index (χ4n) is 1.46. The Bertz CT molecular complexity index is 559. The molecule has 0 saturated heterocycles. The number of hydrogen-bond donors (Lipinski definition) is 0. The molecule has 0 saturated carbocycles. The van der Waals surface area contributed by atoms with Crippen molar-refractivity contribution < 1.29 is 17.8 Å². The van der Waals surface area contributed by atoms with Crippen LogP contribution in [-0.4, -0.2) is 23.7 Å². The van der Waals surface area contributed by atoms with Crippen molar-refractivity contribution in [2.45, 2.75) is 6.42 Å². The maximum absolute atomic E-state index is 11.4.